The van der Waals surface area contributed by atoms with E-state index in [1.54, 1.807) is 0 Å². The second-order valence-corrected chi connectivity index (χ2v) is 7.14. The molecule has 2 aliphatic rings. The molecule has 1 saturated heterocycles. The average molecular weight is 316 g/mol. The van der Waals surface area contributed by atoms with Gasteiger partial charge in [-0.25, -0.2) is 4.79 Å². The number of aryl methyl sites for hydroxylation is 1. The van der Waals surface area contributed by atoms with Crippen molar-refractivity contribution in [2.45, 2.75) is 57.6 Å². The molecule has 2 fully saturated rings. The number of urea groups is 1. The van der Waals surface area contributed by atoms with Crippen molar-refractivity contribution in [1.29, 1.82) is 0 Å². The van der Waals surface area contributed by atoms with E-state index in [0.717, 1.165) is 25.4 Å². The Morgan fingerprint density at radius 1 is 1.35 bits per heavy atom. The Balaban J connectivity index is 1.42. The fourth-order valence-corrected chi connectivity index (χ4v) is 3.33. The molecule has 0 bridgehead atoms. The van der Waals surface area contributed by atoms with Crippen LogP contribution in [0.25, 0.3) is 0 Å². The molecule has 2 N–H and O–H groups in total. The Bertz CT molecular complexity index is 542. The number of hydrogen-bond acceptors (Lipinski definition) is 2. The molecule has 0 radical (unpaired) electrons. The zero-order valence-electron chi connectivity index (χ0n) is 14.2. The molecule has 4 nitrogen and oxygen atoms in total. The van der Waals surface area contributed by atoms with Gasteiger partial charge in [0.25, 0.3) is 0 Å². The summed E-state index contributed by atoms with van der Waals surface area (Å²) in [5.41, 5.74) is 2.53. The summed E-state index contributed by atoms with van der Waals surface area (Å²) in [6.45, 7) is 5.67. The zero-order chi connectivity index (χ0) is 16.2. The standard InChI is InChI=1S/C19H28N2O2/c1-13-4-3-5-16(10-13)14(2)12-20-19(22)21-17-8-9-23-18(11-17)15-6-7-15/h3-5,10,14-15,17-18H,6-9,11-12H2,1-2H3,(H2,20,21,22)/t14-,17-,18-/m1/s1. The number of ether oxygens (including phenoxy) is 1. The van der Waals surface area contributed by atoms with E-state index in [9.17, 15) is 4.79 Å². The Hall–Kier alpha value is -1.55. The molecular weight excluding hydrogens is 288 g/mol. The van der Waals surface area contributed by atoms with Crippen LogP contribution in [-0.2, 0) is 4.74 Å². The third kappa shape index (κ3) is 4.71. The molecule has 2 amide bonds. The van der Waals surface area contributed by atoms with Gasteiger partial charge in [0, 0.05) is 19.2 Å². The van der Waals surface area contributed by atoms with Gasteiger partial charge in [0.05, 0.1) is 6.10 Å². The van der Waals surface area contributed by atoms with Crippen LogP contribution in [0.2, 0.25) is 0 Å². The quantitative estimate of drug-likeness (QED) is 0.875. The minimum atomic E-state index is -0.0500. The van der Waals surface area contributed by atoms with Crippen LogP contribution in [0.4, 0.5) is 4.79 Å². The van der Waals surface area contributed by atoms with E-state index in [2.05, 4.69) is 48.7 Å². The summed E-state index contributed by atoms with van der Waals surface area (Å²) in [6, 6.07) is 8.67. The van der Waals surface area contributed by atoms with Gasteiger partial charge in [0.15, 0.2) is 0 Å². The number of amides is 2. The highest BCUT2D eigenvalue weighted by atomic mass is 16.5. The van der Waals surface area contributed by atoms with Crippen LogP contribution in [0.15, 0.2) is 24.3 Å². The maximum Gasteiger partial charge on any atom is 0.315 e. The molecule has 0 spiro atoms. The van der Waals surface area contributed by atoms with Gasteiger partial charge in [0.2, 0.25) is 0 Å². The molecule has 23 heavy (non-hydrogen) atoms. The maximum atomic E-state index is 12.1. The monoisotopic (exact) mass is 316 g/mol. The average Bonchev–Trinajstić information content (AvgIpc) is 3.38. The lowest BCUT2D eigenvalue weighted by Gasteiger charge is -2.30. The number of carbonyl (C=O) groups excluding carboxylic acids is 1. The summed E-state index contributed by atoms with van der Waals surface area (Å²) in [5, 5.41) is 6.14. The maximum absolute atomic E-state index is 12.1. The largest absolute Gasteiger partial charge is 0.378 e. The van der Waals surface area contributed by atoms with E-state index in [0.29, 0.717) is 18.6 Å². The van der Waals surface area contributed by atoms with Crippen molar-refractivity contribution >= 4 is 6.03 Å². The zero-order valence-corrected chi connectivity index (χ0v) is 14.2. The van der Waals surface area contributed by atoms with Crippen molar-refractivity contribution in [3.05, 3.63) is 35.4 Å². The molecule has 0 unspecified atom stereocenters. The van der Waals surface area contributed by atoms with E-state index in [-0.39, 0.29) is 12.1 Å². The smallest absolute Gasteiger partial charge is 0.315 e. The van der Waals surface area contributed by atoms with Gasteiger partial charge in [-0.15, -0.1) is 0 Å². The summed E-state index contributed by atoms with van der Waals surface area (Å²) in [6.07, 6.45) is 4.82. The lowest BCUT2D eigenvalue weighted by atomic mass is 9.99. The molecule has 0 aromatic heterocycles. The number of benzene rings is 1. The van der Waals surface area contributed by atoms with Gasteiger partial charge in [-0.05, 0) is 50.0 Å². The second-order valence-electron chi connectivity index (χ2n) is 7.14. The normalized spacial score (nSPS) is 25.7. The molecule has 126 valence electrons. The van der Waals surface area contributed by atoms with Gasteiger partial charge in [-0.3, -0.25) is 0 Å². The topological polar surface area (TPSA) is 50.4 Å². The minimum absolute atomic E-state index is 0.0500. The van der Waals surface area contributed by atoms with Crippen molar-refractivity contribution in [3.8, 4) is 0 Å². The summed E-state index contributed by atoms with van der Waals surface area (Å²) in [4.78, 5) is 12.1. The Morgan fingerprint density at radius 3 is 2.91 bits per heavy atom. The predicted octanol–water partition coefficient (Wildman–Crippen LogP) is 3.36. The summed E-state index contributed by atoms with van der Waals surface area (Å²) in [5.74, 6) is 1.05. The highest BCUT2D eigenvalue weighted by Gasteiger charge is 2.36. The Morgan fingerprint density at radius 2 is 2.17 bits per heavy atom. The van der Waals surface area contributed by atoms with Crippen LogP contribution >= 0.6 is 0 Å². The van der Waals surface area contributed by atoms with Crippen LogP contribution in [0.5, 0.6) is 0 Å². The highest BCUT2D eigenvalue weighted by Crippen LogP contribution is 2.38. The predicted molar refractivity (Wildman–Crippen MR) is 91.6 cm³/mol. The molecule has 1 heterocycles. The molecule has 1 aliphatic heterocycles. The fraction of sp³-hybridized carbons (Fsp3) is 0.632. The van der Waals surface area contributed by atoms with Gasteiger partial charge >= 0.3 is 6.03 Å². The van der Waals surface area contributed by atoms with Crippen LogP contribution in [0.3, 0.4) is 0 Å². The molecule has 1 aromatic rings. The Kier molecular flexibility index (Phi) is 5.21. The van der Waals surface area contributed by atoms with E-state index < -0.39 is 0 Å². The molecule has 3 atom stereocenters. The lowest BCUT2D eigenvalue weighted by Crippen LogP contribution is -2.47. The van der Waals surface area contributed by atoms with E-state index >= 15 is 0 Å². The van der Waals surface area contributed by atoms with Crippen molar-refractivity contribution in [2.75, 3.05) is 13.2 Å². The molecule has 1 saturated carbocycles. The van der Waals surface area contributed by atoms with Gasteiger partial charge in [0.1, 0.15) is 0 Å². The van der Waals surface area contributed by atoms with Gasteiger partial charge < -0.3 is 15.4 Å². The van der Waals surface area contributed by atoms with Crippen molar-refractivity contribution in [1.82, 2.24) is 10.6 Å². The molecule has 3 rings (SSSR count). The second kappa shape index (κ2) is 7.35. The van der Waals surface area contributed by atoms with E-state index in [1.165, 1.54) is 24.0 Å². The van der Waals surface area contributed by atoms with Crippen LogP contribution < -0.4 is 10.6 Å². The third-order valence-electron chi connectivity index (χ3n) is 4.98. The van der Waals surface area contributed by atoms with E-state index in [1.807, 2.05) is 0 Å². The third-order valence-corrected chi connectivity index (χ3v) is 4.98. The van der Waals surface area contributed by atoms with Crippen LogP contribution in [0, 0.1) is 12.8 Å². The molecular formula is C19H28N2O2. The Labute approximate surface area is 139 Å². The fourth-order valence-electron chi connectivity index (χ4n) is 3.33. The van der Waals surface area contributed by atoms with Crippen molar-refractivity contribution < 1.29 is 9.53 Å². The molecule has 1 aromatic carbocycles. The lowest BCUT2D eigenvalue weighted by molar-refractivity contribution is -0.00914. The number of nitrogens with one attached hydrogen (secondary N) is 2. The first-order chi connectivity index (χ1) is 11.1. The van der Waals surface area contributed by atoms with Gasteiger partial charge in [-0.2, -0.15) is 0 Å². The summed E-state index contributed by atoms with van der Waals surface area (Å²) < 4.78 is 5.81. The first-order valence-corrected chi connectivity index (χ1v) is 8.84. The SMILES string of the molecule is Cc1cccc([C@H](C)CNC(=O)N[C@@H]2CCO[C@@H](C3CC3)C2)c1. The molecule has 1 aliphatic carbocycles. The van der Waals surface area contributed by atoms with E-state index in [4.69, 9.17) is 4.74 Å². The minimum Gasteiger partial charge on any atom is -0.378 e. The molecule has 4 heteroatoms. The van der Waals surface area contributed by atoms with Crippen LogP contribution in [0.1, 0.15) is 49.7 Å². The van der Waals surface area contributed by atoms with Crippen molar-refractivity contribution in [3.63, 3.8) is 0 Å². The number of rotatable bonds is 5. The van der Waals surface area contributed by atoms with Crippen molar-refractivity contribution in [2.24, 2.45) is 5.92 Å². The first-order valence-electron chi connectivity index (χ1n) is 8.84. The number of hydrogen-bond donors (Lipinski definition) is 2. The summed E-state index contributed by atoms with van der Waals surface area (Å²) >= 11 is 0. The van der Waals surface area contributed by atoms with Gasteiger partial charge in [-0.1, -0.05) is 36.8 Å². The van der Waals surface area contributed by atoms with Crippen LogP contribution in [-0.4, -0.2) is 31.3 Å². The first kappa shape index (κ1) is 16.3. The summed E-state index contributed by atoms with van der Waals surface area (Å²) in [7, 11) is 0. The number of carbonyl (C=O) groups is 1. The highest BCUT2D eigenvalue weighted by molar-refractivity contribution is 5.74.